The monoisotopic (exact) mass is 439 g/mol. The van der Waals surface area contributed by atoms with Gasteiger partial charge in [0.2, 0.25) is 0 Å². The number of carbonyl (C=O) groups excluding carboxylic acids is 1. The first kappa shape index (κ1) is 25.7. The second-order valence-electron chi connectivity index (χ2n) is 6.33. The lowest BCUT2D eigenvalue weighted by atomic mass is 9.91. The Morgan fingerprint density at radius 1 is 0.966 bits per heavy atom. The van der Waals surface area contributed by atoms with Crippen LogP contribution in [0.25, 0.3) is 0 Å². The zero-order valence-corrected chi connectivity index (χ0v) is 17.4. The minimum atomic E-state index is -4.92. The highest BCUT2D eigenvalue weighted by Gasteiger charge is 2.62. The average Bonchev–Trinajstić information content (AvgIpc) is 2.69. The van der Waals surface area contributed by atoms with Crippen molar-refractivity contribution in [3.8, 4) is 0 Å². The van der Waals surface area contributed by atoms with Crippen LogP contribution in [0.3, 0.4) is 0 Å². The van der Waals surface area contributed by atoms with Crippen LogP contribution in [0.5, 0.6) is 0 Å². The number of hydrogen-bond donors (Lipinski definition) is 1. The van der Waals surface area contributed by atoms with Crippen LogP contribution in [0.1, 0.15) is 31.2 Å². The Hall–Kier alpha value is -1.35. The maximum Gasteiger partial charge on any atom is 0.430 e. The van der Waals surface area contributed by atoms with E-state index in [0.717, 1.165) is 32.8 Å². The highest BCUT2D eigenvalue weighted by atomic mass is 35.5. The van der Waals surface area contributed by atoms with Crippen molar-refractivity contribution in [2.24, 2.45) is 0 Å². The lowest BCUT2D eigenvalue weighted by Crippen LogP contribution is -2.56. The average molecular weight is 440 g/mol. The Morgan fingerprint density at radius 2 is 1.59 bits per heavy atom. The Balaban J connectivity index is 2.35. The lowest BCUT2D eigenvalue weighted by molar-refractivity contribution is -0.265. The van der Waals surface area contributed by atoms with Crippen molar-refractivity contribution in [2.75, 3.05) is 46.0 Å². The van der Waals surface area contributed by atoms with E-state index in [9.17, 15) is 18.0 Å². The van der Waals surface area contributed by atoms with Crippen molar-refractivity contribution in [1.29, 1.82) is 0 Å². The van der Waals surface area contributed by atoms with E-state index in [2.05, 4.69) is 5.32 Å². The number of ether oxygens (including phenoxy) is 3. The molecule has 0 saturated carbocycles. The Labute approximate surface area is 174 Å². The molecule has 0 spiro atoms. The van der Waals surface area contributed by atoms with E-state index in [-0.39, 0.29) is 18.7 Å². The van der Waals surface area contributed by atoms with Crippen LogP contribution in [-0.4, -0.2) is 58.0 Å². The van der Waals surface area contributed by atoms with Gasteiger partial charge in [0.15, 0.2) is 0 Å². The molecule has 0 aromatic heterocycles. The summed E-state index contributed by atoms with van der Waals surface area (Å²) in [6, 6.07) is 6.82. The molecular formula is C20H29ClF3NO4. The highest BCUT2D eigenvalue weighted by molar-refractivity contribution is 6.17. The molecule has 29 heavy (non-hydrogen) atoms. The maximum absolute atomic E-state index is 13.7. The fourth-order valence-corrected chi connectivity index (χ4v) is 2.95. The molecule has 0 radical (unpaired) electrons. The van der Waals surface area contributed by atoms with E-state index in [1.807, 2.05) is 0 Å². The molecule has 1 N–H and O–H groups in total. The molecule has 1 amide bonds. The number of hydrogen-bond acceptors (Lipinski definition) is 4. The third-order valence-corrected chi connectivity index (χ3v) is 4.55. The molecule has 0 aliphatic carbocycles. The van der Waals surface area contributed by atoms with Gasteiger partial charge in [-0.3, -0.25) is 4.79 Å². The van der Waals surface area contributed by atoms with Crippen LogP contribution < -0.4 is 5.32 Å². The summed E-state index contributed by atoms with van der Waals surface area (Å²) >= 11 is 5.59. The molecule has 0 fully saturated rings. The molecule has 1 aromatic carbocycles. The van der Waals surface area contributed by atoms with E-state index < -0.39 is 17.7 Å². The van der Waals surface area contributed by atoms with E-state index >= 15 is 0 Å². The summed E-state index contributed by atoms with van der Waals surface area (Å²) in [5.41, 5.74) is -3.35. The van der Waals surface area contributed by atoms with Crippen LogP contribution in [0, 0.1) is 0 Å². The minimum Gasteiger partial charge on any atom is -0.379 e. The predicted molar refractivity (Wildman–Crippen MR) is 105 cm³/mol. The zero-order valence-electron chi connectivity index (χ0n) is 16.6. The van der Waals surface area contributed by atoms with Crippen molar-refractivity contribution >= 4 is 17.5 Å². The molecular weight excluding hydrogens is 411 g/mol. The van der Waals surface area contributed by atoms with Crippen LogP contribution in [0.4, 0.5) is 13.2 Å². The molecule has 0 unspecified atom stereocenters. The van der Waals surface area contributed by atoms with Gasteiger partial charge in [-0.25, -0.2) is 0 Å². The number of alkyl halides is 4. The summed E-state index contributed by atoms with van der Waals surface area (Å²) < 4.78 is 56.5. The molecule has 166 valence electrons. The van der Waals surface area contributed by atoms with Crippen molar-refractivity contribution in [2.45, 2.75) is 37.5 Å². The standard InChI is InChI=1S/C20H29ClF3NO4/c1-27-19(20(22,23)24,17-9-5-4-6-10-17)18(26)25-12-14-29-16-15-28-13-8-3-2-7-11-21/h4-6,9-10H,2-3,7-8,11-16H2,1H3,(H,25,26)/t19-/m1/s1. The molecule has 0 heterocycles. The summed E-state index contributed by atoms with van der Waals surface area (Å²) in [6.45, 7) is 1.30. The molecule has 1 rings (SSSR count). The highest BCUT2D eigenvalue weighted by Crippen LogP contribution is 2.42. The fourth-order valence-electron chi connectivity index (χ4n) is 2.76. The lowest BCUT2D eigenvalue weighted by Gasteiger charge is -2.33. The summed E-state index contributed by atoms with van der Waals surface area (Å²) in [6.07, 6.45) is -0.845. The third kappa shape index (κ3) is 8.12. The van der Waals surface area contributed by atoms with Gasteiger partial charge in [0.05, 0.1) is 19.8 Å². The minimum absolute atomic E-state index is 0.0667. The quantitative estimate of drug-likeness (QED) is 0.331. The van der Waals surface area contributed by atoms with E-state index in [1.54, 1.807) is 6.07 Å². The van der Waals surface area contributed by atoms with Gasteiger partial charge in [-0.05, 0) is 12.8 Å². The number of halogens is 4. The van der Waals surface area contributed by atoms with Gasteiger partial charge < -0.3 is 19.5 Å². The van der Waals surface area contributed by atoms with E-state index in [1.165, 1.54) is 24.3 Å². The predicted octanol–water partition coefficient (Wildman–Crippen LogP) is 4.04. The molecule has 0 aliphatic heterocycles. The van der Waals surface area contributed by atoms with Crippen LogP contribution in [-0.2, 0) is 24.6 Å². The number of methoxy groups -OCH3 is 1. The van der Waals surface area contributed by atoms with Gasteiger partial charge in [-0.15, -0.1) is 11.6 Å². The number of unbranched alkanes of at least 4 members (excludes halogenated alkanes) is 3. The summed E-state index contributed by atoms with van der Waals surface area (Å²) in [7, 11) is 0.865. The number of nitrogens with one attached hydrogen (secondary N) is 1. The first-order chi connectivity index (χ1) is 13.9. The maximum atomic E-state index is 13.7. The van der Waals surface area contributed by atoms with Crippen LogP contribution >= 0.6 is 11.6 Å². The van der Waals surface area contributed by atoms with E-state index in [0.29, 0.717) is 25.7 Å². The summed E-state index contributed by atoms with van der Waals surface area (Å²) in [5.74, 6) is -0.610. The fraction of sp³-hybridized carbons (Fsp3) is 0.650. The Kier molecular flexibility index (Phi) is 12.2. The van der Waals surface area contributed by atoms with Crippen molar-refractivity contribution in [3.63, 3.8) is 0 Å². The molecule has 9 heteroatoms. The Morgan fingerprint density at radius 3 is 2.17 bits per heavy atom. The van der Waals surface area contributed by atoms with Gasteiger partial charge in [0, 0.05) is 31.7 Å². The molecule has 0 aliphatic rings. The first-order valence-electron chi connectivity index (χ1n) is 9.57. The number of benzene rings is 1. The first-order valence-corrected chi connectivity index (χ1v) is 10.1. The molecule has 0 bridgehead atoms. The number of amides is 1. The molecule has 1 atom stereocenters. The van der Waals surface area contributed by atoms with Crippen LogP contribution in [0.2, 0.25) is 0 Å². The normalized spacial score (nSPS) is 13.8. The number of rotatable bonds is 15. The van der Waals surface area contributed by atoms with Crippen molar-refractivity contribution < 1.29 is 32.2 Å². The second kappa shape index (κ2) is 13.8. The number of carbonyl (C=O) groups is 1. The van der Waals surface area contributed by atoms with Crippen molar-refractivity contribution in [3.05, 3.63) is 35.9 Å². The molecule has 0 saturated heterocycles. The molecule has 1 aromatic rings. The van der Waals surface area contributed by atoms with Crippen LogP contribution in [0.15, 0.2) is 30.3 Å². The van der Waals surface area contributed by atoms with E-state index in [4.69, 9.17) is 25.8 Å². The third-order valence-electron chi connectivity index (χ3n) is 4.28. The van der Waals surface area contributed by atoms with Gasteiger partial charge in [0.1, 0.15) is 0 Å². The molecule has 5 nitrogen and oxygen atoms in total. The Bertz CT molecular complexity index is 575. The SMILES string of the molecule is CO[C@@](C(=O)NCCOCCOCCCCCCCl)(c1ccccc1)C(F)(F)F. The zero-order chi connectivity index (χ0) is 21.6. The van der Waals surface area contributed by atoms with Gasteiger partial charge in [0.25, 0.3) is 11.5 Å². The topological polar surface area (TPSA) is 56.8 Å². The smallest absolute Gasteiger partial charge is 0.379 e. The van der Waals surface area contributed by atoms with Gasteiger partial charge >= 0.3 is 6.18 Å². The largest absolute Gasteiger partial charge is 0.430 e. The van der Waals surface area contributed by atoms with Gasteiger partial charge in [-0.2, -0.15) is 13.2 Å². The summed E-state index contributed by atoms with van der Waals surface area (Å²) in [4.78, 5) is 12.4. The van der Waals surface area contributed by atoms with Gasteiger partial charge in [-0.1, -0.05) is 43.2 Å². The van der Waals surface area contributed by atoms with Crippen molar-refractivity contribution in [1.82, 2.24) is 5.32 Å². The second-order valence-corrected chi connectivity index (χ2v) is 6.71. The summed E-state index contributed by atoms with van der Waals surface area (Å²) in [5, 5.41) is 2.25.